The molecule has 1 aliphatic heterocycles. The third kappa shape index (κ3) is 4.09. The van der Waals surface area contributed by atoms with Crippen LogP contribution in [0.5, 0.6) is 5.75 Å². The highest BCUT2D eigenvalue weighted by Gasteiger charge is 2.10. The zero-order valence-corrected chi connectivity index (χ0v) is 14.7. The van der Waals surface area contributed by atoms with E-state index < -0.39 is 5.63 Å². The second-order valence-corrected chi connectivity index (χ2v) is 6.48. The fourth-order valence-corrected chi connectivity index (χ4v) is 3.12. The molecule has 0 radical (unpaired) electrons. The molecule has 4 rings (SSSR count). The van der Waals surface area contributed by atoms with Crippen LogP contribution in [0.1, 0.15) is 18.4 Å². The Bertz CT molecular complexity index is 924. The molecule has 0 spiro atoms. The van der Waals surface area contributed by atoms with E-state index in [1.54, 1.807) is 12.1 Å². The van der Waals surface area contributed by atoms with Crippen LogP contribution >= 0.6 is 0 Å². The Morgan fingerprint density at radius 2 is 1.72 bits per heavy atom. The van der Waals surface area contributed by atoms with Crippen LogP contribution in [0.25, 0.3) is 22.1 Å². The second kappa shape index (κ2) is 7.53. The van der Waals surface area contributed by atoms with E-state index in [4.69, 9.17) is 4.42 Å². The first-order valence-corrected chi connectivity index (χ1v) is 8.56. The number of nitrogens with zero attached hydrogens (tertiary/aromatic N) is 1. The van der Waals surface area contributed by atoms with Crippen molar-refractivity contribution in [2.75, 3.05) is 20.1 Å². The molecule has 0 aliphatic carbocycles. The molecule has 25 heavy (non-hydrogen) atoms. The van der Waals surface area contributed by atoms with Gasteiger partial charge in [0.05, 0.1) is 0 Å². The number of aromatic hydroxyl groups is 1. The second-order valence-electron chi connectivity index (χ2n) is 6.48. The number of hydrogen-bond acceptors (Lipinski definition) is 4. The molecule has 4 heteroatoms. The summed E-state index contributed by atoms with van der Waals surface area (Å²) >= 11 is 0. The topological polar surface area (TPSA) is 53.7 Å². The fraction of sp³-hybridized carbons (Fsp3) is 0.286. The van der Waals surface area contributed by atoms with Crippen LogP contribution in [-0.4, -0.2) is 30.1 Å². The molecule has 130 valence electrons. The average Bonchev–Trinajstić information content (AvgIpc) is 3.06. The van der Waals surface area contributed by atoms with E-state index in [0.717, 1.165) is 22.1 Å². The zero-order valence-electron chi connectivity index (χ0n) is 14.7. The SMILES string of the molecule is CN1CCCC1.Cc1ccccc1-c1cc(=O)oc2cc(O)ccc12. The number of hydrogen-bond donors (Lipinski definition) is 1. The monoisotopic (exact) mass is 337 g/mol. The van der Waals surface area contributed by atoms with Crippen LogP contribution in [0.15, 0.2) is 57.7 Å². The Hall–Kier alpha value is -2.59. The van der Waals surface area contributed by atoms with Crippen molar-refractivity contribution in [3.8, 4) is 16.9 Å². The van der Waals surface area contributed by atoms with E-state index in [-0.39, 0.29) is 5.75 Å². The molecule has 3 aromatic rings. The van der Waals surface area contributed by atoms with E-state index in [1.807, 2.05) is 31.2 Å². The number of benzene rings is 2. The summed E-state index contributed by atoms with van der Waals surface area (Å²) in [6.07, 6.45) is 2.83. The van der Waals surface area contributed by atoms with Gasteiger partial charge in [0.25, 0.3) is 0 Å². The van der Waals surface area contributed by atoms with Gasteiger partial charge in [-0.05, 0) is 63.2 Å². The summed E-state index contributed by atoms with van der Waals surface area (Å²) in [5, 5.41) is 10.3. The van der Waals surface area contributed by atoms with Gasteiger partial charge in [0.1, 0.15) is 11.3 Å². The predicted octanol–water partition coefficient (Wildman–Crippen LogP) is 4.19. The number of rotatable bonds is 1. The number of phenols is 1. The Balaban J connectivity index is 0.000000258. The van der Waals surface area contributed by atoms with Crippen LogP contribution in [0.4, 0.5) is 0 Å². The van der Waals surface area contributed by atoms with Gasteiger partial charge in [-0.3, -0.25) is 0 Å². The highest BCUT2D eigenvalue weighted by molar-refractivity contribution is 5.94. The van der Waals surface area contributed by atoms with Gasteiger partial charge >= 0.3 is 5.63 Å². The maximum atomic E-state index is 11.7. The minimum Gasteiger partial charge on any atom is -0.508 e. The molecule has 4 nitrogen and oxygen atoms in total. The summed E-state index contributed by atoms with van der Waals surface area (Å²) in [5.41, 5.74) is 2.88. The molecule has 0 amide bonds. The van der Waals surface area contributed by atoms with Gasteiger partial charge in [-0.2, -0.15) is 0 Å². The maximum Gasteiger partial charge on any atom is 0.336 e. The lowest BCUT2D eigenvalue weighted by Crippen LogP contribution is -2.10. The minimum absolute atomic E-state index is 0.0811. The highest BCUT2D eigenvalue weighted by atomic mass is 16.4. The molecule has 0 atom stereocenters. The predicted molar refractivity (Wildman–Crippen MR) is 101 cm³/mol. The van der Waals surface area contributed by atoms with Crippen molar-refractivity contribution in [1.82, 2.24) is 4.90 Å². The lowest BCUT2D eigenvalue weighted by molar-refractivity contribution is 0.418. The standard InChI is InChI=1S/C16H12O3.C5H11N/c1-10-4-2-3-5-12(10)14-9-16(18)19-15-8-11(17)6-7-13(14)15;1-6-4-2-3-5-6/h2-9,17H,1H3;2-5H2,1H3. The van der Waals surface area contributed by atoms with Crippen molar-refractivity contribution in [3.63, 3.8) is 0 Å². The van der Waals surface area contributed by atoms with Crippen LogP contribution in [0, 0.1) is 6.92 Å². The normalized spacial score (nSPS) is 14.3. The van der Waals surface area contributed by atoms with Crippen LogP contribution in [-0.2, 0) is 0 Å². The van der Waals surface area contributed by atoms with Crippen molar-refractivity contribution < 1.29 is 9.52 Å². The Labute approximate surface area is 147 Å². The number of aryl methyl sites for hydroxylation is 1. The van der Waals surface area contributed by atoms with E-state index in [0.29, 0.717) is 5.58 Å². The molecule has 0 bridgehead atoms. The Morgan fingerprint density at radius 3 is 2.36 bits per heavy atom. The molecular formula is C21H23NO3. The lowest BCUT2D eigenvalue weighted by Gasteiger charge is -2.08. The molecule has 1 N–H and O–H groups in total. The van der Waals surface area contributed by atoms with E-state index >= 15 is 0 Å². The van der Waals surface area contributed by atoms with Gasteiger partial charge < -0.3 is 14.4 Å². The van der Waals surface area contributed by atoms with Gasteiger partial charge in [-0.25, -0.2) is 4.79 Å². The average molecular weight is 337 g/mol. The van der Waals surface area contributed by atoms with Crippen molar-refractivity contribution in [2.24, 2.45) is 0 Å². The van der Waals surface area contributed by atoms with Crippen LogP contribution in [0.3, 0.4) is 0 Å². The molecule has 0 saturated carbocycles. The third-order valence-electron chi connectivity index (χ3n) is 4.49. The lowest BCUT2D eigenvalue weighted by atomic mass is 9.98. The highest BCUT2D eigenvalue weighted by Crippen LogP contribution is 2.30. The number of likely N-dealkylation sites (tertiary alicyclic amines) is 1. The summed E-state index contributed by atoms with van der Waals surface area (Å²) in [5.74, 6) is 0.0811. The van der Waals surface area contributed by atoms with E-state index in [9.17, 15) is 9.90 Å². The molecule has 1 saturated heterocycles. The first-order valence-electron chi connectivity index (χ1n) is 8.56. The molecule has 1 fully saturated rings. The Morgan fingerprint density at radius 1 is 1.00 bits per heavy atom. The first kappa shape index (κ1) is 17.2. The minimum atomic E-state index is -0.420. The molecule has 2 heterocycles. The summed E-state index contributed by atoms with van der Waals surface area (Å²) in [4.78, 5) is 14.0. The van der Waals surface area contributed by atoms with Crippen LogP contribution in [0.2, 0.25) is 0 Å². The van der Waals surface area contributed by atoms with Gasteiger partial charge in [0, 0.05) is 23.1 Å². The molecular weight excluding hydrogens is 314 g/mol. The quantitative estimate of drug-likeness (QED) is 0.677. The van der Waals surface area contributed by atoms with Crippen molar-refractivity contribution in [2.45, 2.75) is 19.8 Å². The Kier molecular flexibility index (Phi) is 5.19. The first-order chi connectivity index (χ1) is 12.0. The fourth-order valence-electron chi connectivity index (χ4n) is 3.12. The van der Waals surface area contributed by atoms with E-state index in [1.165, 1.54) is 38.1 Å². The van der Waals surface area contributed by atoms with Crippen LogP contribution < -0.4 is 5.63 Å². The van der Waals surface area contributed by atoms with Crippen molar-refractivity contribution in [3.05, 3.63) is 64.5 Å². The molecule has 1 aliphatic rings. The number of phenolic OH excluding ortho intramolecular Hbond substituents is 1. The molecule has 2 aromatic carbocycles. The van der Waals surface area contributed by atoms with E-state index in [2.05, 4.69) is 11.9 Å². The van der Waals surface area contributed by atoms with Crippen molar-refractivity contribution in [1.29, 1.82) is 0 Å². The smallest absolute Gasteiger partial charge is 0.336 e. The van der Waals surface area contributed by atoms with Gasteiger partial charge in [-0.1, -0.05) is 24.3 Å². The summed E-state index contributed by atoms with van der Waals surface area (Å²) < 4.78 is 5.13. The summed E-state index contributed by atoms with van der Waals surface area (Å²) in [6.45, 7) is 4.64. The summed E-state index contributed by atoms with van der Waals surface area (Å²) in [6, 6.07) is 14.1. The van der Waals surface area contributed by atoms with Gasteiger partial charge in [0.15, 0.2) is 0 Å². The zero-order chi connectivity index (χ0) is 17.8. The number of fused-ring (bicyclic) bond motifs is 1. The summed E-state index contributed by atoms with van der Waals surface area (Å²) in [7, 11) is 2.17. The molecule has 1 aromatic heterocycles. The third-order valence-corrected chi connectivity index (χ3v) is 4.49. The van der Waals surface area contributed by atoms with Gasteiger partial charge in [0.2, 0.25) is 0 Å². The largest absolute Gasteiger partial charge is 0.508 e. The maximum absolute atomic E-state index is 11.7. The van der Waals surface area contributed by atoms with Crippen molar-refractivity contribution >= 4 is 11.0 Å². The van der Waals surface area contributed by atoms with Gasteiger partial charge in [-0.15, -0.1) is 0 Å². The molecule has 0 unspecified atom stereocenters.